The first-order chi connectivity index (χ1) is 11.2. The van der Waals surface area contributed by atoms with Crippen molar-refractivity contribution < 1.29 is 27.8 Å². The van der Waals surface area contributed by atoms with Crippen LogP contribution in [0, 0.1) is 0 Å². The van der Waals surface area contributed by atoms with Gasteiger partial charge >= 0.3 is 6.18 Å². The van der Waals surface area contributed by atoms with Crippen LogP contribution >= 0.6 is 0 Å². The Labute approximate surface area is 137 Å². The van der Waals surface area contributed by atoms with Gasteiger partial charge in [-0.1, -0.05) is 0 Å². The maximum Gasteiger partial charge on any atom is 0.424 e. The summed E-state index contributed by atoms with van der Waals surface area (Å²) in [7, 11) is 1.37. The van der Waals surface area contributed by atoms with Crippen molar-refractivity contribution in [2.75, 3.05) is 13.2 Å². The Morgan fingerprint density at radius 1 is 1.50 bits per heavy atom. The van der Waals surface area contributed by atoms with Gasteiger partial charge < -0.3 is 19.7 Å². The molecule has 1 atom stereocenters. The lowest BCUT2D eigenvalue weighted by molar-refractivity contribution is -0.272. The molecule has 134 valence electrons. The van der Waals surface area contributed by atoms with E-state index in [1.54, 1.807) is 6.92 Å². The predicted molar refractivity (Wildman–Crippen MR) is 78.7 cm³/mol. The number of aliphatic hydroxyl groups is 1. The lowest BCUT2D eigenvalue weighted by atomic mass is 9.97. The van der Waals surface area contributed by atoms with E-state index in [1.165, 1.54) is 19.4 Å². The second-order valence-corrected chi connectivity index (χ2v) is 5.71. The fourth-order valence-corrected chi connectivity index (χ4v) is 2.62. The number of rotatable bonds is 5. The number of halogens is 3. The van der Waals surface area contributed by atoms with Gasteiger partial charge in [-0.3, -0.25) is 4.79 Å². The monoisotopic (exact) mass is 347 g/mol. The Hall–Kier alpha value is -2.03. The highest BCUT2D eigenvalue weighted by Crippen LogP contribution is 2.40. The zero-order valence-corrected chi connectivity index (χ0v) is 13.5. The van der Waals surface area contributed by atoms with Crippen molar-refractivity contribution in [2.45, 2.75) is 38.0 Å². The molecule has 0 spiro atoms. The van der Waals surface area contributed by atoms with E-state index in [0.717, 1.165) is 4.57 Å². The molecule has 1 unspecified atom stereocenters. The van der Waals surface area contributed by atoms with Gasteiger partial charge in [-0.2, -0.15) is 13.2 Å². The summed E-state index contributed by atoms with van der Waals surface area (Å²) in [5.74, 6) is -0.508. The van der Waals surface area contributed by atoms with Crippen LogP contribution in [0.25, 0.3) is 0 Å². The quantitative estimate of drug-likeness (QED) is 0.851. The Morgan fingerprint density at radius 3 is 2.75 bits per heavy atom. The van der Waals surface area contributed by atoms with Crippen LogP contribution in [0.3, 0.4) is 0 Å². The maximum absolute atomic E-state index is 13.3. The van der Waals surface area contributed by atoms with E-state index in [0.29, 0.717) is 30.8 Å². The molecule has 1 amide bonds. The molecule has 0 saturated heterocycles. The SMILES string of the molecule is CC1=C(C(=O)NCCC(O)(c2nccn2C)C(F)(F)F)CCCO1. The number of hydrogen-bond donors (Lipinski definition) is 2. The number of imidazole rings is 1. The van der Waals surface area contributed by atoms with Crippen LogP contribution in [0.2, 0.25) is 0 Å². The fraction of sp³-hybridized carbons (Fsp3) is 0.600. The minimum atomic E-state index is -4.92. The molecule has 9 heteroatoms. The van der Waals surface area contributed by atoms with E-state index in [-0.39, 0.29) is 6.54 Å². The molecule has 24 heavy (non-hydrogen) atoms. The first-order valence-corrected chi connectivity index (χ1v) is 7.54. The summed E-state index contributed by atoms with van der Waals surface area (Å²) in [5, 5.41) is 12.6. The molecule has 0 fully saturated rings. The van der Waals surface area contributed by atoms with Gasteiger partial charge in [-0.05, 0) is 19.8 Å². The lowest BCUT2D eigenvalue weighted by Crippen LogP contribution is -2.46. The Balaban J connectivity index is 2.07. The third-order valence-corrected chi connectivity index (χ3v) is 4.02. The highest BCUT2D eigenvalue weighted by atomic mass is 19.4. The molecule has 0 radical (unpaired) electrons. The standard InChI is InChI=1S/C15H20F3N3O3/c1-10-11(4-3-9-24-10)12(22)19-6-5-14(23,15(16,17)18)13-20-7-8-21(13)2/h7-8,23H,3-6,9H2,1-2H3,(H,19,22). The molecule has 0 aromatic carbocycles. The van der Waals surface area contributed by atoms with Crippen molar-refractivity contribution in [1.82, 2.24) is 14.9 Å². The minimum Gasteiger partial charge on any atom is -0.498 e. The first-order valence-electron chi connectivity index (χ1n) is 7.54. The number of hydrogen-bond acceptors (Lipinski definition) is 4. The average Bonchev–Trinajstić information content (AvgIpc) is 2.92. The summed E-state index contributed by atoms with van der Waals surface area (Å²) in [4.78, 5) is 15.7. The van der Waals surface area contributed by atoms with Gasteiger partial charge in [0.05, 0.1) is 12.2 Å². The van der Waals surface area contributed by atoms with Crippen LogP contribution in [0.1, 0.15) is 32.0 Å². The normalized spacial score (nSPS) is 18.1. The largest absolute Gasteiger partial charge is 0.498 e. The summed E-state index contributed by atoms with van der Waals surface area (Å²) in [6.45, 7) is 1.82. The molecule has 1 aliphatic heterocycles. The molecular formula is C15H20F3N3O3. The van der Waals surface area contributed by atoms with Gasteiger partial charge in [-0.15, -0.1) is 0 Å². The van der Waals surface area contributed by atoms with E-state index in [2.05, 4.69) is 10.3 Å². The molecule has 2 heterocycles. The number of allylic oxidation sites excluding steroid dienone is 1. The van der Waals surface area contributed by atoms with Crippen molar-refractivity contribution in [3.63, 3.8) is 0 Å². The highest BCUT2D eigenvalue weighted by molar-refractivity contribution is 5.93. The molecule has 1 aromatic rings. The number of aryl methyl sites for hydroxylation is 1. The maximum atomic E-state index is 13.3. The van der Waals surface area contributed by atoms with E-state index >= 15 is 0 Å². The first kappa shape index (κ1) is 18.3. The zero-order chi connectivity index (χ0) is 18.0. The smallest absolute Gasteiger partial charge is 0.424 e. The van der Waals surface area contributed by atoms with Crippen LogP contribution in [-0.2, 0) is 22.2 Å². The zero-order valence-electron chi connectivity index (χ0n) is 13.5. The topological polar surface area (TPSA) is 76.4 Å². The van der Waals surface area contributed by atoms with Crippen LogP contribution in [0.15, 0.2) is 23.7 Å². The van der Waals surface area contributed by atoms with Crippen LogP contribution in [0.5, 0.6) is 0 Å². The Morgan fingerprint density at radius 2 is 2.21 bits per heavy atom. The number of amides is 1. The average molecular weight is 347 g/mol. The van der Waals surface area contributed by atoms with Crippen molar-refractivity contribution in [3.05, 3.63) is 29.6 Å². The molecule has 1 aromatic heterocycles. The van der Waals surface area contributed by atoms with Gasteiger partial charge in [0.25, 0.3) is 5.91 Å². The number of alkyl halides is 3. The van der Waals surface area contributed by atoms with Gasteiger partial charge in [-0.25, -0.2) is 4.98 Å². The number of nitrogens with one attached hydrogen (secondary N) is 1. The summed E-state index contributed by atoms with van der Waals surface area (Å²) in [5.41, 5.74) is -2.71. The summed E-state index contributed by atoms with van der Waals surface area (Å²) < 4.78 is 46.4. The Bertz CT molecular complexity index is 639. The molecule has 0 saturated carbocycles. The highest BCUT2D eigenvalue weighted by Gasteiger charge is 2.57. The third-order valence-electron chi connectivity index (χ3n) is 4.02. The van der Waals surface area contributed by atoms with Crippen LogP contribution < -0.4 is 5.32 Å². The molecule has 6 nitrogen and oxygen atoms in total. The molecule has 1 aliphatic rings. The summed E-state index contributed by atoms with van der Waals surface area (Å²) in [6, 6.07) is 0. The van der Waals surface area contributed by atoms with Gasteiger partial charge in [0.2, 0.25) is 5.60 Å². The lowest BCUT2D eigenvalue weighted by Gasteiger charge is -2.30. The number of carbonyl (C=O) groups excluding carboxylic acids is 1. The predicted octanol–water partition coefficient (Wildman–Crippen LogP) is 1.76. The van der Waals surface area contributed by atoms with Crippen LogP contribution in [-0.4, -0.2) is 39.9 Å². The summed E-state index contributed by atoms with van der Waals surface area (Å²) >= 11 is 0. The van der Waals surface area contributed by atoms with Gasteiger partial charge in [0.15, 0.2) is 0 Å². The van der Waals surface area contributed by atoms with Crippen molar-refractivity contribution in [1.29, 1.82) is 0 Å². The van der Waals surface area contributed by atoms with E-state index in [1.807, 2.05) is 0 Å². The molecule has 2 rings (SSSR count). The van der Waals surface area contributed by atoms with Crippen molar-refractivity contribution in [3.8, 4) is 0 Å². The number of carbonyl (C=O) groups is 1. The van der Waals surface area contributed by atoms with Crippen LogP contribution in [0.4, 0.5) is 13.2 Å². The molecule has 0 aliphatic carbocycles. The second-order valence-electron chi connectivity index (χ2n) is 5.71. The number of ether oxygens (including phenoxy) is 1. The molecule has 2 N–H and O–H groups in total. The third kappa shape index (κ3) is 3.55. The number of nitrogens with zero attached hydrogens (tertiary/aromatic N) is 2. The van der Waals surface area contributed by atoms with Gasteiger partial charge in [0.1, 0.15) is 11.6 Å². The Kier molecular flexibility index (Phi) is 5.22. The number of aromatic nitrogens is 2. The van der Waals surface area contributed by atoms with Crippen molar-refractivity contribution >= 4 is 5.91 Å². The van der Waals surface area contributed by atoms with E-state index in [9.17, 15) is 23.1 Å². The summed E-state index contributed by atoms with van der Waals surface area (Å²) in [6.07, 6.45) is -1.96. The minimum absolute atomic E-state index is 0.349. The van der Waals surface area contributed by atoms with Crippen molar-refractivity contribution in [2.24, 2.45) is 7.05 Å². The van der Waals surface area contributed by atoms with E-state index < -0.39 is 29.9 Å². The molecular weight excluding hydrogens is 327 g/mol. The fourth-order valence-electron chi connectivity index (χ4n) is 2.62. The second kappa shape index (κ2) is 6.84. The molecule has 0 bridgehead atoms. The van der Waals surface area contributed by atoms with Gasteiger partial charge in [0, 0.05) is 32.4 Å². The van der Waals surface area contributed by atoms with E-state index in [4.69, 9.17) is 4.74 Å².